The van der Waals surface area contributed by atoms with Crippen molar-refractivity contribution in [2.75, 3.05) is 13.2 Å². The molecule has 0 aromatic heterocycles. The summed E-state index contributed by atoms with van der Waals surface area (Å²) in [5, 5.41) is 11.5. The SMILES string of the molecule is O=C([O-])[C@]1(CCCCCCOc2ccc(Cl)cc2)CO1.[Na+]. The van der Waals surface area contributed by atoms with E-state index >= 15 is 0 Å². The second-order valence-corrected chi connectivity index (χ2v) is 5.47. The van der Waals surface area contributed by atoms with E-state index in [0.29, 0.717) is 24.7 Å². The molecule has 1 aromatic carbocycles. The molecule has 1 atom stereocenters. The van der Waals surface area contributed by atoms with Crippen LogP contribution in [0.15, 0.2) is 24.3 Å². The Morgan fingerprint density at radius 1 is 1.24 bits per heavy atom. The van der Waals surface area contributed by atoms with Crippen molar-refractivity contribution in [3.8, 4) is 5.75 Å². The Morgan fingerprint density at radius 2 is 1.86 bits per heavy atom. The zero-order valence-electron chi connectivity index (χ0n) is 12.3. The van der Waals surface area contributed by atoms with Crippen LogP contribution in [0.3, 0.4) is 0 Å². The summed E-state index contributed by atoms with van der Waals surface area (Å²) in [5.41, 5.74) is -0.972. The van der Waals surface area contributed by atoms with E-state index in [1.807, 2.05) is 12.1 Å². The number of carbonyl (C=O) groups excluding carboxylic acids is 1. The van der Waals surface area contributed by atoms with Gasteiger partial charge in [0.1, 0.15) is 11.4 Å². The normalized spacial score (nSPS) is 19.7. The van der Waals surface area contributed by atoms with Crippen LogP contribution in [0.2, 0.25) is 5.02 Å². The van der Waals surface area contributed by atoms with Gasteiger partial charge in [-0.2, -0.15) is 0 Å². The first kappa shape index (κ1) is 18.8. The van der Waals surface area contributed by atoms with Crippen LogP contribution in [0, 0.1) is 0 Å². The molecule has 1 aliphatic rings. The van der Waals surface area contributed by atoms with Gasteiger partial charge in [-0.1, -0.05) is 30.9 Å². The average Bonchev–Trinajstić information content (AvgIpc) is 3.21. The van der Waals surface area contributed by atoms with E-state index in [0.717, 1.165) is 31.4 Å². The predicted octanol–water partition coefficient (Wildman–Crippen LogP) is -0.808. The summed E-state index contributed by atoms with van der Waals surface area (Å²) in [6, 6.07) is 7.28. The molecule has 0 saturated carbocycles. The molecule has 2 rings (SSSR count). The molecule has 1 saturated heterocycles. The fourth-order valence-electron chi connectivity index (χ4n) is 2.04. The molecule has 1 heterocycles. The second-order valence-electron chi connectivity index (χ2n) is 5.04. The molecule has 21 heavy (non-hydrogen) atoms. The van der Waals surface area contributed by atoms with Gasteiger partial charge in [-0.15, -0.1) is 0 Å². The molecule has 1 aliphatic heterocycles. The standard InChI is InChI=1S/C15H19ClO4.Na/c16-12-5-7-13(8-6-12)19-10-4-2-1-3-9-15(11-20-15)14(17)18;/h5-8H,1-4,9-11H2,(H,17,18);/q;+1/p-1/t15-;/m0./s1. The molecule has 0 unspecified atom stereocenters. The average molecular weight is 321 g/mol. The minimum absolute atomic E-state index is 0. The number of epoxide rings is 1. The molecule has 4 nitrogen and oxygen atoms in total. The van der Waals surface area contributed by atoms with Crippen molar-refractivity contribution < 1.29 is 48.9 Å². The van der Waals surface area contributed by atoms with Gasteiger partial charge in [0.25, 0.3) is 0 Å². The summed E-state index contributed by atoms with van der Waals surface area (Å²) >= 11 is 5.78. The zero-order chi connectivity index (χ0) is 14.4. The third-order valence-electron chi connectivity index (χ3n) is 3.42. The summed E-state index contributed by atoms with van der Waals surface area (Å²) in [5.74, 6) is -0.264. The molecule has 1 aromatic rings. The van der Waals surface area contributed by atoms with Crippen molar-refractivity contribution in [3.05, 3.63) is 29.3 Å². The summed E-state index contributed by atoms with van der Waals surface area (Å²) in [6.07, 6.45) is 4.32. The number of ether oxygens (including phenoxy) is 2. The van der Waals surface area contributed by atoms with Gasteiger partial charge in [-0.25, -0.2) is 0 Å². The maximum absolute atomic E-state index is 10.8. The van der Waals surface area contributed by atoms with Gasteiger partial charge in [0.05, 0.1) is 19.2 Å². The summed E-state index contributed by atoms with van der Waals surface area (Å²) in [7, 11) is 0. The van der Waals surface area contributed by atoms with Gasteiger partial charge in [-0.05, 0) is 37.1 Å². The maximum atomic E-state index is 10.8. The van der Waals surface area contributed by atoms with Crippen LogP contribution in [0.1, 0.15) is 32.1 Å². The van der Waals surface area contributed by atoms with E-state index in [9.17, 15) is 9.90 Å². The first-order valence-electron chi connectivity index (χ1n) is 6.86. The number of carboxylic acid groups (broad SMARTS) is 1. The van der Waals surface area contributed by atoms with Crippen LogP contribution in [-0.2, 0) is 9.53 Å². The number of benzene rings is 1. The molecule has 0 amide bonds. The summed E-state index contributed by atoms with van der Waals surface area (Å²) < 4.78 is 10.5. The van der Waals surface area contributed by atoms with Gasteiger partial charge >= 0.3 is 29.6 Å². The Bertz CT molecular complexity index is 445. The van der Waals surface area contributed by atoms with E-state index in [1.165, 1.54) is 0 Å². The number of hydrogen-bond donors (Lipinski definition) is 0. The zero-order valence-corrected chi connectivity index (χ0v) is 15.0. The topological polar surface area (TPSA) is 61.9 Å². The molecule has 0 radical (unpaired) electrons. The molecular weight excluding hydrogens is 303 g/mol. The Labute approximate surface area is 152 Å². The van der Waals surface area contributed by atoms with Crippen LogP contribution in [-0.4, -0.2) is 24.8 Å². The molecule has 0 N–H and O–H groups in total. The van der Waals surface area contributed by atoms with Crippen molar-refractivity contribution in [2.24, 2.45) is 0 Å². The van der Waals surface area contributed by atoms with Crippen LogP contribution in [0.4, 0.5) is 0 Å². The molecule has 6 heteroatoms. The molecule has 110 valence electrons. The third kappa shape index (κ3) is 6.17. The largest absolute Gasteiger partial charge is 1.00 e. The van der Waals surface area contributed by atoms with Gasteiger partial charge in [0.15, 0.2) is 0 Å². The number of hydrogen-bond acceptors (Lipinski definition) is 4. The summed E-state index contributed by atoms with van der Waals surface area (Å²) in [4.78, 5) is 10.8. The molecule has 1 fully saturated rings. The van der Waals surface area contributed by atoms with E-state index < -0.39 is 11.6 Å². The van der Waals surface area contributed by atoms with Gasteiger partial charge < -0.3 is 19.4 Å². The fraction of sp³-hybridized carbons (Fsp3) is 0.533. The van der Waals surface area contributed by atoms with E-state index in [4.69, 9.17) is 21.1 Å². The minimum Gasteiger partial charge on any atom is -0.547 e. The van der Waals surface area contributed by atoms with Gasteiger partial charge in [0.2, 0.25) is 0 Å². The molecule has 0 spiro atoms. The van der Waals surface area contributed by atoms with Gasteiger partial charge in [0, 0.05) is 5.02 Å². The van der Waals surface area contributed by atoms with Crippen molar-refractivity contribution in [1.82, 2.24) is 0 Å². The van der Waals surface area contributed by atoms with Crippen molar-refractivity contribution in [1.29, 1.82) is 0 Å². The number of unbranched alkanes of at least 4 members (excludes halogenated alkanes) is 3. The van der Waals surface area contributed by atoms with E-state index in [2.05, 4.69) is 0 Å². The van der Waals surface area contributed by atoms with Gasteiger partial charge in [-0.3, -0.25) is 0 Å². The number of carboxylic acids is 1. The minimum atomic E-state index is -1.08. The van der Waals surface area contributed by atoms with Crippen LogP contribution >= 0.6 is 11.6 Å². The number of rotatable bonds is 9. The Balaban J connectivity index is 0.00000220. The van der Waals surface area contributed by atoms with Crippen LogP contribution in [0.25, 0.3) is 0 Å². The number of aliphatic carboxylic acids is 1. The Kier molecular flexibility index (Phi) is 8.06. The van der Waals surface area contributed by atoms with Crippen molar-refractivity contribution in [2.45, 2.75) is 37.7 Å². The monoisotopic (exact) mass is 320 g/mol. The number of carbonyl (C=O) groups is 1. The predicted molar refractivity (Wildman–Crippen MR) is 73.7 cm³/mol. The first-order valence-corrected chi connectivity index (χ1v) is 7.24. The van der Waals surface area contributed by atoms with E-state index in [-0.39, 0.29) is 29.6 Å². The van der Waals surface area contributed by atoms with Crippen molar-refractivity contribution in [3.63, 3.8) is 0 Å². The maximum Gasteiger partial charge on any atom is 1.00 e. The van der Waals surface area contributed by atoms with Crippen molar-refractivity contribution >= 4 is 17.6 Å². The van der Waals surface area contributed by atoms with E-state index in [1.54, 1.807) is 12.1 Å². The Hall–Kier alpha value is -0.260. The molecule has 0 aliphatic carbocycles. The van der Waals surface area contributed by atoms with Crippen LogP contribution < -0.4 is 39.4 Å². The smallest absolute Gasteiger partial charge is 0.547 e. The second kappa shape index (κ2) is 9.01. The fourth-order valence-corrected chi connectivity index (χ4v) is 2.16. The molecular formula is C15H18ClNaO4. The van der Waals surface area contributed by atoms with Crippen LogP contribution in [0.5, 0.6) is 5.75 Å². The third-order valence-corrected chi connectivity index (χ3v) is 3.67. The Morgan fingerprint density at radius 3 is 2.43 bits per heavy atom. The number of halogens is 1. The quantitative estimate of drug-likeness (QED) is 0.339. The first-order chi connectivity index (χ1) is 9.62. The summed E-state index contributed by atoms with van der Waals surface area (Å²) in [6.45, 7) is 0.957. The molecule has 0 bridgehead atoms.